The second-order valence-corrected chi connectivity index (χ2v) is 6.89. The summed E-state index contributed by atoms with van der Waals surface area (Å²) in [4.78, 5) is 12.6. The zero-order valence-electron chi connectivity index (χ0n) is 14.6. The van der Waals surface area contributed by atoms with Gasteiger partial charge in [0.15, 0.2) is 0 Å². The molecule has 4 heteroatoms. The van der Waals surface area contributed by atoms with Gasteiger partial charge in [-0.1, -0.05) is 0 Å². The standard InChI is InChI=1S/C20H24N4/c1-14-10-17(18-12-16-4-5-21-20(16)22-13-18)11-15(2)19(14)24-8-6-23(3)7-9-24/h4-5,10-13H,6-9H2,1-3H3,(H,21,22). The fraction of sp³-hybridized carbons (Fsp3) is 0.350. The third kappa shape index (κ3) is 2.67. The normalized spacial score (nSPS) is 16.0. The highest BCUT2D eigenvalue weighted by Crippen LogP contribution is 2.32. The fourth-order valence-electron chi connectivity index (χ4n) is 3.75. The largest absolute Gasteiger partial charge is 0.369 e. The summed E-state index contributed by atoms with van der Waals surface area (Å²) in [5, 5.41) is 1.16. The van der Waals surface area contributed by atoms with E-state index in [0.717, 1.165) is 37.2 Å². The van der Waals surface area contributed by atoms with E-state index in [-0.39, 0.29) is 0 Å². The van der Waals surface area contributed by atoms with Crippen molar-refractivity contribution in [1.82, 2.24) is 14.9 Å². The van der Waals surface area contributed by atoms with E-state index >= 15 is 0 Å². The van der Waals surface area contributed by atoms with Crippen LogP contribution in [0, 0.1) is 13.8 Å². The van der Waals surface area contributed by atoms with Gasteiger partial charge in [0.1, 0.15) is 5.65 Å². The summed E-state index contributed by atoms with van der Waals surface area (Å²) in [5.74, 6) is 0. The summed E-state index contributed by atoms with van der Waals surface area (Å²) in [6, 6.07) is 8.89. The van der Waals surface area contributed by atoms with E-state index in [2.05, 4.69) is 64.9 Å². The topological polar surface area (TPSA) is 35.2 Å². The Hall–Kier alpha value is -2.33. The lowest BCUT2D eigenvalue weighted by Gasteiger charge is -2.36. The first-order valence-corrected chi connectivity index (χ1v) is 8.60. The van der Waals surface area contributed by atoms with Crippen LogP contribution in [0.2, 0.25) is 0 Å². The SMILES string of the molecule is Cc1cc(-c2cnc3[nH]ccc3c2)cc(C)c1N1CCN(C)CC1. The molecule has 2 aromatic heterocycles. The van der Waals surface area contributed by atoms with Gasteiger partial charge in [-0.3, -0.25) is 0 Å². The number of piperazine rings is 1. The summed E-state index contributed by atoms with van der Waals surface area (Å²) >= 11 is 0. The predicted molar refractivity (Wildman–Crippen MR) is 101 cm³/mol. The Kier molecular flexibility index (Phi) is 3.77. The summed E-state index contributed by atoms with van der Waals surface area (Å²) in [7, 11) is 2.20. The van der Waals surface area contributed by atoms with E-state index in [1.165, 1.54) is 27.9 Å². The van der Waals surface area contributed by atoms with Crippen LogP contribution in [-0.2, 0) is 0 Å². The Morgan fingerprint density at radius 3 is 2.38 bits per heavy atom. The summed E-state index contributed by atoms with van der Waals surface area (Å²) in [6.07, 6.45) is 3.90. The van der Waals surface area contributed by atoms with Crippen molar-refractivity contribution in [2.75, 3.05) is 38.1 Å². The van der Waals surface area contributed by atoms with Gasteiger partial charge in [-0.15, -0.1) is 0 Å². The molecule has 0 unspecified atom stereocenters. The number of anilines is 1. The van der Waals surface area contributed by atoms with Crippen molar-refractivity contribution < 1.29 is 0 Å². The van der Waals surface area contributed by atoms with E-state index in [1.807, 2.05) is 12.4 Å². The van der Waals surface area contributed by atoms with Gasteiger partial charge in [0.25, 0.3) is 0 Å². The molecule has 4 rings (SSSR count). The van der Waals surface area contributed by atoms with Crippen molar-refractivity contribution in [3.05, 3.63) is 47.8 Å². The smallest absolute Gasteiger partial charge is 0.137 e. The van der Waals surface area contributed by atoms with Gasteiger partial charge in [-0.25, -0.2) is 4.98 Å². The van der Waals surface area contributed by atoms with E-state index in [9.17, 15) is 0 Å². The Bertz CT molecular complexity index is 849. The first kappa shape index (κ1) is 15.2. The lowest BCUT2D eigenvalue weighted by Crippen LogP contribution is -2.45. The van der Waals surface area contributed by atoms with Crippen molar-refractivity contribution in [3.63, 3.8) is 0 Å². The summed E-state index contributed by atoms with van der Waals surface area (Å²) in [5.41, 5.74) is 7.48. The maximum absolute atomic E-state index is 4.53. The van der Waals surface area contributed by atoms with Gasteiger partial charge in [0.05, 0.1) is 0 Å². The number of pyridine rings is 1. The molecule has 0 spiro atoms. The number of benzene rings is 1. The van der Waals surface area contributed by atoms with Crippen LogP contribution in [0.4, 0.5) is 5.69 Å². The molecular formula is C20H24N4. The Morgan fingerprint density at radius 2 is 1.67 bits per heavy atom. The van der Waals surface area contributed by atoms with Gasteiger partial charge in [0, 0.05) is 55.2 Å². The molecule has 0 bridgehead atoms. The Balaban J connectivity index is 1.71. The second kappa shape index (κ2) is 5.95. The number of rotatable bonds is 2. The molecule has 0 atom stereocenters. The number of hydrogen-bond acceptors (Lipinski definition) is 3. The maximum atomic E-state index is 4.53. The van der Waals surface area contributed by atoms with Crippen LogP contribution in [0.3, 0.4) is 0 Å². The Labute approximate surface area is 143 Å². The van der Waals surface area contributed by atoms with Crippen LogP contribution in [0.5, 0.6) is 0 Å². The first-order valence-electron chi connectivity index (χ1n) is 8.60. The third-order valence-electron chi connectivity index (χ3n) is 5.04. The number of fused-ring (bicyclic) bond motifs is 1. The van der Waals surface area contributed by atoms with E-state index in [4.69, 9.17) is 0 Å². The highest BCUT2D eigenvalue weighted by atomic mass is 15.2. The predicted octanol–water partition coefficient (Wildman–Crippen LogP) is 3.60. The molecule has 3 heterocycles. The molecule has 4 nitrogen and oxygen atoms in total. The van der Waals surface area contributed by atoms with Gasteiger partial charge < -0.3 is 14.8 Å². The van der Waals surface area contributed by atoms with Crippen molar-refractivity contribution in [1.29, 1.82) is 0 Å². The third-order valence-corrected chi connectivity index (χ3v) is 5.04. The number of aryl methyl sites for hydroxylation is 2. The minimum absolute atomic E-state index is 0.946. The molecule has 124 valence electrons. The fourth-order valence-corrected chi connectivity index (χ4v) is 3.75. The molecule has 1 fully saturated rings. The molecule has 0 aliphatic carbocycles. The van der Waals surface area contributed by atoms with Crippen LogP contribution in [-0.4, -0.2) is 48.1 Å². The van der Waals surface area contributed by atoms with Crippen molar-refractivity contribution in [2.45, 2.75) is 13.8 Å². The average Bonchev–Trinajstić information content (AvgIpc) is 3.03. The number of aromatic amines is 1. The average molecular weight is 320 g/mol. The molecule has 1 aliphatic rings. The van der Waals surface area contributed by atoms with Crippen LogP contribution in [0.25, 0.3) is 22.2 Å². The molecule has 0 radical (unpaired) electrons. The number of nitrogens with one attached hydrogen (secondary N) is 1. The molecule has 3 aromatic rings. The molecular weight excluding hydrogens is 296 g/mol. The minimum atomic E-state index is 0.946. The highest BCUT2D eigenvalue weighted by molar-refractivity contribution is 5.82. The van der Waals surface area contributed by atoms with Gasteiger partial charge >= 0.3 is 0 Å². The number of H-pyrrole nitrogens is 1. The molecule has 1 aliphatic heterocycles. The Morgan fingerprint density at radius 1 is 0.958 bits per heavy atom. The molecule has 1 saturated heterocycles. The summed E-state index contributed by atoms with van der Waals surface area (Å²) < 4.78 is 0. The highest BCUT2D eigenvalue weighted by Gasteiger charge is 2.18. The number of aromatic nitrogens is 2. The van der Waals surface area contributed by atoms with E-state index < -0.39 is 0 Å². The second-order valence-electron chi connectivity index (χ2n) is 6.89. The zero-order chi connectivity index (χ0) is 16.7. The van der Waals surface area contributed by atoms with Gasteiger partial charge in [-0.2, -0.15) is 0 Å². The van der Waals surface area contributed by atoms with Crippen LogP contribution < -0.4 is 4.90 Å². The molecule has 1 aromatic carbocycles. The quantitative estimate of drug-likeness (QED) is 0.783. The monoisotopic (exact) mass is 320 g/mol. The minimum Gasteiger partial charge on any atom is -0.369 e. The lowest BCUT2D eigenvalue weighted by atomic mass is 9.98. The zero-order valence-corrected chi connectivity index (χ0v) is 14.6. The number of hydrogen-bond donors (Lipinski definition) is 1. The van der Waals surface area contributed by atoms with Gasteiger partial charge in [-0.05, 0) is 61.9 Å². The lowest BCUT2D eigenvalue weighted by molar-refractivity contribution is 0.312. The van der Waals surface area contributed by atoms with Crippen LogP contribution in [0.1, 0.15) is 11.1 Å². The van der Waals surface area contributed by atoms with Crippen LogP contribution in [0.15, 0.2) is 36.7 Å². The summed E-state index contributed by atoms with van der Waals surface area (Å²) in [6.45, 7) is 8.94. The molecule has 1 N–H and O–H groups in total. The van der Waals surface area contributed by atoms with Crippen molar-refractivity contribution in [2.24, 2.45) is 0 Å². The van der Waals surface area contributed by atoms with Crippen LogP contribution >= 0.6 is 0 Å². The first-order chi connectivity index (χ1) is 11.6. The molecule has 24 heavy (non-hydrogen) atoms. The molecule has 0 saturated carbocycles. The van der Waals surface area contributed by atoms with E-state index in [1.54, 1.807) is 0 Å². The maximum Gasteiger partial charge on any atom is 0.137 e. The molecule has 0 amide bonds. The van der Waals surface area contributed by atoms with Gasteiger partial charge in [0.2, 0.25) is 0 Å². The van der Waals surface area contributed by atoms with Crippen molar-refractivity contribution >= 4 is 16.7 Å². The number of likely N-dealkylation sites (N-methyl/N-ethyl adjacent to an activating group) is 1. The van der Waals surface area contributed by atoms with E-state index in [0.29, 0.717) is 0 Å². The van der Waals surface area contributed by atoms with Crippen molar-refractivity contribution in [3.8, 4) is 11.1 Å². The number of nitrogens with zero attached hydrogens (tertiary/aromatic N) is 3.